The van der Waals surface area contributed by atoms with Crippen LogP contribution in [-0.4, -0.2) is 9.81 Å². The van der Waals surface area contributed by atoms with Crippen molar-refractivity contribution in [2.24, 2.45) is 0 Å². The third-order valence-corrected chi connectivity index (χ3v) is 3.58. The predicted octanol–water partition coefficient (Wildman–Crippen LogP) is 4.02. The first-order chi connectivity index (χ1) is 8.34. The van der Waals surface area contributed by atoms with Crippen LogP contribution in [0.3, 0.4) is 0 Å². The van der Waals surface area contributed by atoms with E-state index in [4.69, 9.17) is 0 Å². The molecule has 88 valence electrons. The number of pyridine rings is 1. The van der Waals surface area contributed by atoms with Crippen LogP contribution in [0.15, 0.2) is 54.9 Å². The minimum absolute atomic E-state index is 0.533. The molecular weight excluding hydrogens is 274 g/mol. The van der Waals surface area contributed by atoms with E-state index in [9.17, 15) is 0 Å². The Morgan fingerprint density at radius 2 is 1.65 bits per heavy atom. The fraction of sp³-hybridized carbons (Fsp3) is 0.267. The highest BCUT2D eigenvalue weighted by atomic mass is 79.9. The summed E-state index contributed by atoms with van der Waals surface area (Å²) in [7, 11) is 0. The first kappa shape index (κ1) is 12.3. The van der Waals surface area contributed by atoms with Crippen LogP contribution in [0.1, 0.15) is 17.5 Å². The summed E-state index contributed by atoms with van der Waals surface area (Å²) in [4.78, 5) is 4.56. The Morgan fingerprint density at radius 3 is 2.35 bits per heavy atom. The summed E-state index contributed by atoms with van der Waals surface area (Å²) in [6.45, 7) is 0. The van der Waals surface area contributed by atoms with Gasteiger partial charge < -0.3 is 0 Å². The van der Waals surface area contributed by atoms with Crippen molar-refractivity contribution in [2.75, 3.05) is 0 Å². The summed E-state index contributed by atoms with van der Waals surface area (Å²) in [5.74, 6) is 0. The van der Waals surface area contributed by atoms with Gasteiger partial charge in [-0.2, -0.15) is 0 Å². The van der Waals surface area contributed by atoms with Crippen molar-refractivity contribution < 1.29 is 0 Å². The molecule has 0 aliphatic rings. The predicted molar refractivity (Wildman–Crippen MR) is 75.4 cm³/mol. The van der Waals surface area contributed by atoms with Crippen molar-refractivity contribution >= 4 is 15.9 Å². The maximum absolute atomic E-state index is 4.03. The Morgan fingerprint density at radius 1 is 0.941 bits per heavy atom. The van der Waals surface area contributed by atoms with Crippen LogP contribution in [0.25, 0.3) is 0 Å². The number of nitrogens with zero attached hydrogens (tertiary/aromatic N) is 1. The number of hydrogen-bond donors (Lipinski definition) is 0. The number of halogens is 1. The number of aromatic nitrogens is 1. The Hall–Kier alpha value is -1.15. The van der Waals surface area contributed by atoms with Gasteiger partial charge in [0.25, 0.3) is 0 Å². The second-order valence-electron chi connectivity index (χ2n) is 4.18. The maximum Gasteiger partial charge on any atom is 0.0270 e. The number of rotatable bonds is 5. The number of aryl methyl sites for hydroxylation is 1. The lowest BCUT2D eigenvalue weighted by Gasteiger charge is -2.09. The third kappa shape index (κ3) is 4.31. The van der Waals surface area contributed by atoms with E-state index < -0.39 is 0 Å². The van der Waals surface area contributed by atoms with Gasteiger partial charge in [0.15, 0.2) is 0 Å². The molecule has 2 aromatic rings. The van der Waals surface area contributed by atoms with Gasteiger partial charge in [0.1, 0.15) is 0 Å². The lowest BCUT2D eigenvalue weighted by Crippen LogP contribution is -2.04. The molecule has 1 nitrogen and oxygen atoms in total. The average Bonchev–Trinajstić information content (AvgIpc) is 2.39. The van der Waals surface area contributed by atoms with Gasteiger partial charge in [0, 0.05) is 17.2 Å². The lowest BCUT2D eigenvalue weighted by atomic mass is 10.0. The minimum atomic E-state index is 0.533. The second kappa shape index (κ2) is 6.55. The molecule has 0 fully saturated rings. The van der Waals surface area contributed by atoms with Crippen LogP contribution < -0.4 is 0 Å². The van der Waals surface area contributed by atoms with E-state index in [1.807, 2.05) is 12.4 Å². The van der Waals surface area contributed by atoms with Crippen molar-refractivity contribution in [1.29, 1.82) is 0 Å². The van der Waals surface area contributed by atoms with Crippen molar-refractivity contribution in [3.05, 3.63) is 66.0 Å². The molecule has 0 spiro atoms. The topological polar surface area (TPSA) is 12.9 Å². The van der Waals surface area contributed by atoms with E-state index >= 15 is 0 Å². The lowest BCUT2D eigenvalue weighted by molar-refractivity contribution is 0.762. The first-order valence-corrected chi connectivity index (χ1v) is 6.83. The molecule has 1 aromatic carbocycles. The molecule has 1 atom stereocenters. The van der Waals surface area contributed by atoms with Crippen LogP contribution >= 0.6 is 15.9 Å². The summed E-state index contributed by atoms with van der Waals surface area (Å²) < 4.78 is 0. The summed E-state index contributed by atoms with van der Waals surface area (Å²) in [6.07, 6.45) is 7.06. The van der Waals surface area contributed by atoms with Gasteiger partial charge in [-0.25, -0.2) is 0 Å². The molecule has 17 heavy (non-hydrogen) atoms. The molecule has 1 unspecified atom stereocenters. The van der Waals surface area contributed by atoms with E-state index in [1.165, 1.54) is 11.1 Å². The Kier molecular flexibility index (Phi) is 4.75. The van der Waals surface area contributed by atoms with Gasteiger partial charge in [0.2, 0.25) is 0 Å². The highest BCUT2D eigenvalue weighted by Crippen LogP contribution is 2.15. The second-order valence-corrected chi connectivity index (χ2v) is 5.48. The SMILES string of the molecule is BrC(CCc1ccccc1)Cc1ccncc1. The van der Waals surface area contributed by atoms with E-state index in [-0.39, 0.29) is 0 Å². The minimum Gasteiger partial charge on any atom is -0.265 e. The Balaban J connectivity index is 1.80. The largest absolute Gasteiger partial charge is 0.265 e. The number of benzene rings is 1. The van der Waals surface area contributed by atoms with Gasteiger partial charge in [-0.1, -0.05) is 46.3 Å². The van der Waals surface area contributed by atoms with Crippen LogP contribution in [0, 0.1) is 0 Å². The first-order valence-electron chi connectivity index (χ1n) is 5.91. The fourth-order valence-electron chi connectivity index (χ4n) is 1.84. The van der Waals surface area contributed by atoms with Crippen LogP contribution in [-0.2, 0) is 12.8 Å². The van der Waals surface area contributed by atoms with Crippen molar-refractivity contribution in [1.82, 2.24) is 4.98 Å². The van der Waals surface area contributed by atoms with E-state index in [1.54, 1.807) is 0 Å². The third-order valence-electron chi connectivity index (χ3n) is 2.80. The molecule has 0 radical (unpaired) electrons. The van der Waals surface area contributed by atoms with Crippen molar-refractivity contribution in [2.45, 2.75) is 24.1 Å². The van der Waals surface area contributed by atoms with E-state index in [0.29, 0.717) is 4.83 Å². The molecule has 0 N–H and O–H groups in total. The molecule has 0 aliphatic carbocycles. The molecule has 1 aromatic heterocycles. The van der Waals surface area contributed by atoms with E-state index in [0.717, 1.165) is 19.3 Å². The van der Waals surface area contributed by atoms with Crippen LogP contribution in [0.2, 0.25) is 0 Å². The quantitative estimate of drug-likeness (QED) is 0.758. The average molecular weight is 290 g/mol. The standard InChI is InChI=1S/C15H16BrN/c16-15(12-14-8-10-17-11-9-14)7-6-13-4-2-1-3-5-13/h1-5,8-11,15H,6-7,12H2. The van der Waals surface area contributed by atoms with Crippen LogP contribution in [0.5, 0.6) is 0 Å². The zero-order valence-electron chi connectivity index (χ0n) is 9.72. The zero-order chi connectivity index (χ0) is 11.9. The molecular formula is C15H16BrN. The summed E-state index contributed by atoms with van der Waals surface area (Å²) in [5.41, 5.74) is 2.75. The molecule has 0 bridgehead atoms. The molecule has 2 heteroatoms. The van der Waals surface area contributed by atoms with Gasteiger partial charge in [-0.3, -0.25) is 4.98 Å². The summed E-state index contributed by atoms with van der Waals surface area (Å²) in [6, 6.07) is 14.8. The number of alkyl halides is 1. The highest BCUT2D eigenvalue weighted by molar-refractivity contribution is 9.09. The monoisotopic (exact) mass is 289 g/mol. The maximum atomic E-state index is 4.03. The molecule has 2 rings (SSSR count). The summed E-state index contributed by atoms with van der Waals surface area (Å²) >= 11 is 3.75. The highest BCUT2D eigenvalue weighted by Gasteiger charge is 2.05. The van der Waals surface area contributed by atoms with E-state index in [2.05, 4.69) is 63.4 Å². The Labute approximate surface area is 111 Å². The Bertz CT molecular complexity index is 427. The van der Waals surface area contributed by atoms with Gasteiger partial charge in [0.05, 0.1) is 0 Å². The number of hydrogen-bond acceptors (Lipinski definition) is 1. The normalized spacial score (nSPS) is 12.3. The fourth-order valence-corrected chi connectivity index (χ4v) is 2.45. The van der Waals surface area contributed by atoms with Gasteiger partial charge >= 0.3 is 0 Å². The van der Waals surface area contributed by atoms with Crippen LogP contribution in [0.4, 0.5) is 0 Å². The molecule has 0 amide bonds. The summed E-state index contributed by atoms with van der Waals surface area (Å²) in [5, 5.41) is 0. The smallest absolute Gasteiger partial charge is 0.0270 e. The van der Waals surface area contributed by atoms with Gasteiger partial charge in [-0.15, -0.1) is 0 Å². The molecule has 0 saturated carbocycles. The van der Waals surface area contributed by atoms with Crippen molar-refractivity contribution in [3.63, 3.8) is 0 Å². The molecule has 0 saturated heterocycles. The van der Waals surface area contributed by atoms with Gasteiger partial charge in [-0.05, 0) is 42.5 Å². The molecule has 0 aliphatic heterocycles. The molecule has 1 heterocycles. The van der Waals surface area contributed by atoms with Crippen molar-refractivity contribution in [3.8, 4) is 0 Å². The zero-order valence-corrected chi connectivity index (χ0v) is 11.3.